The summed E-state index contributed by atoms with van der Waals surface area (Å²) < 4.78 is 12.0. The number of likely N-dealkylation sites (tertiary alicyclic amines) is 1. The highest BCUT2D eigenvalue weighted by atomic mass is 17.1. The van der Waals surface area contributed by atoms with Crippen molar-refractivity contribution in [3.63, 3.8) is 0 Å². The van der Waals surface area contributed by atoms with Crippen LogP contribution >= 0.6 is 0 Å². The molecule has 0 aromatic heterocycles. The fourth-order valence-corrected chi connectivity index (χ4v) is 4.79. The van der Waals surface area contributed by atoms with Gasteiger partial charge in [-0.1, -0.05) is 48.5 Å². The van der Waals surface area contributed by atoms with Gasteiger partial charge in [0.15, 0.2) is 17.6 Å². The lowest BCUT2D eigenvalue weighted by Gasteiger charge is -2.32. The second-order valence-electron chi connectivity index (χ2n) is 9.11. The Labute approximate surface area is 199 Å². The van der Waals surface area contributed by atoms with Crippen molar-refractivity contribution < 1.29 is 24.4 Å². The maximum Gasteiger partial charge on any atom is 0.372 e. The van der Waals surface area contributed by atoms with Crippen LogP contribution in [0, 0.1) is 5.92 Å². The highest BCUT2D eigenvalue weighted by Crippen LogP contribution is 2.36. The Morgan fingerprint density at radius 1 is 0.912 bits per heavy atom. The molecule has 6 heteroatoms. The summed E-state index contributed by atoms with van der Waals surface area (Å²) >= 11 is 0. The van der Waals surface area contributed by atoms with Gasteiger partial charge < -0.3 is 9.47 Å². The molecule has 1 saturated heterocycles. The first-order valence-corrected chi connectivity index (χ1v) is 11.8. The molecule has 1 N–H and O–H groups in total. The Kier molecular flexibility index (Phi) is 6.79. The molecule has 2 heterocycles. The zero-order valence-corrected chi connectivity index (χ0v) is 19.1. The van der Waals surface area contributed by atoms with Crippen molar-refractivity contribution in [2.24, 2.45) is 5.92 Å². The van der Waals surface area contributed by atoms with Crippen molar-refractivity contribution in [3.8, 4) is 11.5 Å². The minimum atomic E-state index is -0.724. The Hall–Kier alpha value is -3.35. The summed E-state index contributed by atoms with van der Waals surface area (Å²) in [7, 11) is 0. The SMILES string of the molecule is O=C(OO)c1ccc(CC2CCN(Cc3ccc([C@H]4COc5ccccc5O4)cc3)CC2)cc1. The van der Waals surface area contributed by atoms with Crippen LogP contribution in [0.5, 0.6) is 11.5 Å². The lowest BCUT2D eigenvalue weighted by atomic mass is 9.89. The van der Waals surface area contributed by atoms with Gasteiger partial charge in [0.25, 0.3) is 0 Å². The number of piperidine rings is 1. The van der Waals surface area contributed by atoms with Gasteiger partial charge in [-0.05, 0) is 79.2 Å². The van der Waals surface area contributed by atoms with Gasteiger partial charge in [-0.3, -0.25) is 9.79 Å². The molecule has 176 valence electrons. The van der Waals surface area contributed by atoms with Gasteiger partial charge in [-0.2, -0.15) is 5.26 Å². The van der Waals surface area contributed by atoms with Crippen molar-refractivity contribution in [1.82, 2.24) is 4.90 Å². The molecule has 34 heavy (non-hydrogen) atoms. The summed E-state index contributed by atoms with van der Waals surface area (Å²) in [6.07, 6.45) is 3.24. The molecule has 0 aliphatic carbocycles. The van der Waals surface area contributed by atoms with E-state index in [0.29, 0.717) is 18.1 Å². The molecule has 0 bridgehead atoms. The number of ether oxygens (including phenoxy) is 2. The van der Waals surface area contributed by atoms with Crippen molar-refractivity contribution in [2.75, 3.05) is 19.7 Å². The third-order valence-electron chi connectivity index (χ3n) is 6.77. The van der Waals surface area contributed by atoms with Crippen LogP contribution in [0.1, 0.15) is 46.0 Å². The lowest BCUT2D eigenvalue weighted by Crippen LogP contribution is -2.33. The monoisotopic (exact) mass is 459 g/mol. The van der Waals surface area contributed by atoms with Gasteiger partial charge >= 0.3 is 5.97 Å². The van der Waals surface area contributed by atoms with E-state index in [1.54, 1.807) is 12.1 Å². The number of nitrogens with zero attached hydrogens (tertiary/aromatic N) is 1. The van der Waals surface area contributed by atoms with Crippen LogP contribution in [0.4, 0.5) is 0 Å². The number of rotatable bonds is 6. The van der Waals surface area contributed by atoms with Crippen molar-refractivity contribution in [1.29, 1.82) is 0 Å². The van der Waals surface area contributed by atoms with E-state index in [-0.39, 0.29) is 6.10 Å². The van der Waals surface area contributed by atoms with E-state index in [1.165, 1.54) is 11.1 Å². The number of hydrogen-bond donors (Lipinski definition) is 1. The molecule has 0 radical (unpaired) electrons. The van der Waals surface area contributed by atoms with E-state index in [9.17, 15) is 4.79 Å². The van der Waals surface area contributed by atoms with Crippen molar-refractivity contribution >= 4 is 5.97 Å². The first kappa shape index (κ1) is 22.4. The summed E-state index contributed by atoms with van der Waals surface area (Å²) in [6.45, 7) is 3.64. The molecular weight excluding hydrogens is 430 g/mol. The third-order valence-corrected chi connectivity index (χ3v) is 6.77. The van der Waals surface area contributed by atoms with Crippen LogP contribution in [-0.4, -0.2) is 35.8 Å². The van der Waals surface area contributed by atoms with Gasteiger partial charge in [-0.25, -0.2) is 4.79 Å². The first-order valence-electron chi connectivity index (χ1n) is 11.8. The molecule has 5 rings (SSSR count). The second-order valence-corrected chi connectivity index (χ2v) is 9.11. The highest BCUT2D eigenvalue weighted by Gasteiger charge is 2.23. The number of carbonyl (C=O) groups is 1. The minimum Gasteiger partial charge on any atom is -0.485 e. The predicted octanol–water partition coefficient (Wildman–Crippen LogP) is 5.28. The maximum absolute atomic E-state index is 11.4. The van der Waals surface area contributed by atoms with Gasteiger partial charge in [-0.15, -0.1) is 0 Å². The number of benzene rings is 3. The average molecular weight is 460 g/mol. The molecule has 1 fully saturated rings. The Balaban J connectivity index is 1.10. The quantitative estimate of drug-likeness (QED) is 0.399. The summed E-state index contributed by atoms with van der Waals surface area (Å²) in [5.41, 5.74) is 4.01. The predicted molar refractivity (Wildman–Crippen MR) is 128 cm³/mol. The molecule has 2 aliphatic heterocycles. The maximum atomic E-state index is 11.4. The zero-order valence-electron chi connectivity index (χ0n) is 19.1. The average Bonchev–Trinajstić information content (AvgIpc) is 2.90. The minimum absolute atomic E-state index is 0.0805. The summed E-state index contributed by atoms with van der Waals surface area (Å²) in [5.74, 6) is 1.52. The van der Waals surface area contributed by atoms with E-state index >= 15 is 0 Å². The van der Waals surface area contributed by atoms with Crippen LogP contribution in [0.3, 0.4) is 0 Å². The molecule has 6 nitrogen and oxygen atoms in total. The Bertz CT molecular complexity index is 1100. The number of hydrogen-bond acceptors (Lipinski definition) is 6. The molecule has 2 aliphatic rings. The number of fused-ring (bicyclic) bond motifs is 1. The molecule has 0 saturated carbocycles. The number of carbonyl (C=O) groups excluding carboxylic acids is 1. The molecule has 1 atom stereocenters. The molecule has 0 amide bonds. The van der Waals surface area contributed by atoms with Gasteiger partial charge in [0.1, 0.15) is 6.61 Å². The largest absolute Gasteiger partial charge is 0.485 e. The van der Waals surface area contributed by atoms with Crippen LogP contribution in [0.15, 0.2) is 72.8 Å². The van der Waals surface area contributed by atoms with E-state index in [2.05, 4.69) is 34.1 Å². The lowest BCUT2D eigenvalue weighted by molar-refractivity contribution is -0.182. The van der Waals surface area contributed by atoms with Crippen LogP contribution in [0.25, 0.3) is 0 Å². The summed E-state index contributed by atoms with van der Waals surface area (Å²) in [4.78, 5) is 17.7. The normalized spacial score (nSPS) is 18.4. The van der Waals surface area contributed by atoms with Crippen molar-refractivity contribution in [3.05, 3.63) is 95.1 Å². The standard InChI is InChI=1S/C28H29NO5/c30-28(34-31)24-11-5-20(6-12-24)17-21-13-15-29(16-14-21)18-22-7-9-23(10-8-22)27-19-32-25-3-1-2-4-26(25)33-27/h1-12,21,27,31H,13-19H2/t27-/m1/s1. The molecule has 0 unspecified atom stereocenters. The molecule has 3 aromatic carbocycles. The molecule has 0 spiro atoms. The smallest absolute Gasteiger partial charge is 0.372 e. The van der Waals surface area contributed by atoms with Crippen molar-refractivity contribution in [2.45, 2.75) is 31.9 Å². The first-order chi connectivity index (χ1) is 16.7. The van der Waals surface area contributed by atoms with Gasteiger partial charge in [0, 0.05) is 6.54 Å². The van der Waals surface area contributed by atoms with Crippen LogP contribution in [-0.2, 0) is 17.9 Å². The Morgan fingerprint density at radius 3 is 2.29 bits per heavy atom. The fourth-order valence-electron chi connectivity index (χ4n) is 4.79. The molecule has 3 aromatic rings. The highest BCUT2D eigenvalue weighted by molar-refractivity contribution is 5.88. The number of para-hydroxylation sites is 2. The summed E-state index contributed by atoms with van der Waals surface area (Å²) in [6, 6.07) is 23.8. The fraction of sp³-hybridized carbons (Fsp3) is 0.321. The topological polar surface area (TPSA) is 68.2 Å². The van der Waals surface area contributed by atoms with E-state index in [4.69, 9.17) is 14.7 Å². The molecular formula is C28H29NO5. The third kappa shape index (κ3) is 5.24. The van der Waals surface area contributed by atoms with Crippen LogP contribution in [0.2, 0.25) is 0 Å². The van der Waals surface area contributed by atoms with Gasteiger partial charge in [0.2, 0.25) is 0 Å². The summed E-state index contributed by atoms with van der Waals surface area (Å²) in [5, 5.41) is 8.49. The van der Waals surface area contributed by atoms with E-state index in [0.717, 1.165) is 56.0 Å². The zero-order chi connectivity index (χ0) is 23.3. The van der Waals surface area contributed by atoms with Crippen LogP contribution < -0.4 is 9.47 Å². The Morgan fingerprint density at radius 2 is 1.59 bits per heavy atom. The van der Waals surface area contributed by atoms with Gasteiger partial charge in [0.05, 0.1) is 5.56 Å². The van der Waals surface area contributed by atoms with E-state index < -0.39 is 5.97 Å². The van der Waals surface area contributed by atoms with E-state index in [1.807, 2.05) is 36.4 Å². The second kappa shape index (κ2) is 10.3.